The van der Waals surface area contributed by atoms with Gasteiger partial charge in [-0.2, -0.15) is 0 Å². The Balaban J connectivity index is 1.78. The largest absolute Gasteiger partial charge is 0.321 e. The maximum absolute atomic E-state index is 12.1. The molecule has 104 valence electrons. The van der Waals surface area contributed by atoms with Gasteiger partial charge >= 0.3 is 0 Å². The predicted molar refractivity (Wildman–Crippen MR) is 84.8 cm³/mol. The number of pyridine rings is 1. The molecule has 0 fully saturated rings. The Labute approximate surface area is 130 Å². The molecule has 0 saturated heterocycles. The number of nitrogens with one attached hydrogen (secondary N) is 1. The van der Waals surface area contributed by atoms with Gasteiger partial charge in [0.25, 0.3) is 5.91 Å². The summed E-state index contributed by atoms with van der Waals surface area (Å²) in [5.41, 5.74) is 1.75. The Morgan fingerprint density at radius 2 is 2.10 bits per heavy atom. The van der Waals surface area contributed by atoms with Crippen LogP contribution in [-0.4, -0.2) is 15.9 Å². The summed E-state index contributed by atoms with van der Waals surface area (Å²) in [5, 5.41) is 5.76. The highest BCUT2D eigenvalue weighted by Crippen LogP contribution is 2.22. The van der Waals surface area contributed by atoms with Crippen molar-refractivity contribution in [2.24, 2.45) is 0 Å². The van der Waals surface area contributed by atoms with Crippen LogP contribution in [0.25, 0.3) is 10.7 Å². The quantitative estimate of drug-likeness (QED) is 0.791. The number of anilines is 1. The molecule has 0 aliphatic heterocycles. The molecule has 1 aromatic carbocycles. The van der Waals surface area contributed by atoms with Gasteiger partial charge in [0.15, 0.2) is 0 Å². The van der Waals surface area contributed by atoms with E-state index in [1.54, 1.807) is 35.8 Å². The van der Waals surface area contributed by atoms with Crippen molar-refractivity contribution in [2.45, 2.75) is 0 Å². The van der Waals surface area contributed by atoms with E-state index in [4.69, 9.17) is 11.6 Å². The zero-order chi connectivity index (χ0) is 14.7. The number of thiazole rings is 1. The van der Waals surface area contributed by atoms with Gasteiger partial charge in [0, 0.05) is 22.3 Å². The van der Waals surface area contributed by atoms with Crippen LogP contribution in [0.4, 0.5) is 5.69 Å². The first-order valence-corrected chi connectivity index (χ1v) is 7.42. The molecule has 0 atom stereocenters. The number of benzene rings is 1. The van der Waals surface area contributed by atoms with Gasteiger partial charge < -0.3 is 5.32 Å². The molecule has 21 heavy (non-hydrogen) atoms. The van der Waals surface area contributed by atoms with Crippen molar-refractivity contribution in [3.8, 4) is 10.7 Å². The molecule has 0 bridgehead atoms. The summed E-state index contributed by atoms with van der Waals surface area (Å²) >= 11 is 7.27. The normalized spacial score (nSPS) is 10.3. The first-order valence-electron chi connectivity index (χ1n) is 6.16. The maximum Gasteiger partial charge on any atom is 0.275 e. The lowest BCUT2D eigenvalue weighted by molar-refractivity contribution is 0.102. The van der Waals surface area contributed by atoms with Crippen LogP contribution in [0.1, 0.15) is 10.5 Å². The molecule has 2 heterocycles. The third kappa shape index (κ3) is 3.26. The number of aromatic nitrogens is 2. The van der Waals surface area contributed by atoms with Gasteiger partial charge in [0.05, 0.1) is 5.69 Å². The summed E-state index contributed by atoms with van der Waals surface area (Å²) < 4.78 is 0. The molecule has 1 amide bonds. The van der Waals surface area contributed by atoms with E-state index in [2.05, 4.69) is 15.3 Å². The van der Waals surface area contributed by atoms with Crippen molar-refractivity contribution < 1.29 is 4.79 Å². The molecule has 4 nitrogen and oxygen atoms in total. The SMILES string of the molecule is O=C(Nc1cccc(Cl)c1)c1csc(-c2ccccn2)n1. The number of carbonyl (C=O) groups is 1. The Kier molecular flexibility index (Phi) is 3.94. The fraction of sp³-hybridized carbons (Fsp3) is 0. The van der Waals surface area contributed by atoms with Gasteiger partial charge in [-0.15, -0.1) is 11.3 Å². The summed E-state index contributed by atoms with van der Waals surface area (Å²) in [6.07, 6.45) is 1.70. The minimum absolute atomic E-state index is 0.268. The number of carbonyl (C=O) groups excluding carboxylic acids is 1. The first kappa shape index (κ1) is 13.7. The van der Waals surface area contributed by atoms with Crippen molar-refractivity contribution in [3.05, 3.63) is 64.8 Å². The third-order valence-electron chi connectivity index (χ3n) is 2.70. The lowest BCUT2D eigenvalue weighted by atomic mass is 10.3. The van der Waals surface area contributed by atoms with E-state index in [1.165, 1.54) is 11.3 Å². The summed E-state index contributed by atoms with van der Waals surface area (Å²) in [7, 11) is 0. The van der Waals surface area contributed by atoms with Gasteiger partial charge in [0.2, 0.25) is 0 Å². The highest BCUT2D eigenvalue weighted by Gasteiger charge is 2.12. The molecule has 0 unspecified atom stereocenters. The van der Waals surface area contributed by atoms with E-state index in [-0.39, 0.29) is 5.91 Å². The number of rotatable bonds is 3. The van der Waals surface area contributed by atoms with Crippen molar-refractivity contribution in [3.63, 3.8) is 0 Å². The monoisotopic (exact) mass is 315 g/mol. The number of halogens is 1. The standard InChI is InChI=1S/C15H10ClN3OS/c16-10-4-3-5-11(8-10)18-14(20)13-9-21-15(19-13)12-6-1-2-7-17-12/h1-9H,(H,18,20). The zero-order valence-electron chi connectivity index (χ0n) is 10.8. The fourth-order valence-electron chi connectivity index (χ4n) is 1.75. The van der Waals surface area contributed by atoms with Gasteiger partial charge in [-0.3, -0.25) is 9.78 Å². The van der Waals surface area contributed by atoms with Gasteiger partial charge in [-0.05, 0) is 30.3 Å². The van der Waals surface area contributed by atoms with Crippen LogP contribution in [0, 0.1) is 0 Å². The van der Waals surface area contributed by atoms with E-state index in [1.807, 2.05) is 18.2 Å². The fourth-order valence-corrected chi connectivity index (χ4v) is 2.71. The van der Waals surface area contributed by atoms with Crippen molar-refractivity contribution >= 4 is 34.5 Å². The zero-order valence-corrected chi connectivity index (χ0v) is 12.4. The average molecular weight is 316 g/mol. The van der Waals surface area contributed by atoms with Gasteiger partial charge in [-0.25, -0.2) is 4.98 Å². The Bertz CT molecular complexity index is 773. The minimum atomic E-state index is -0.268. The van der Waals surface area contributed by atoms with Gasteiger partial charge in [-0.1, -0.05) is 23.7 Å². The third-order valence-corrected chi connectivity index (χ3v) is 3.80. The van der Waals surface area contributed by atoms with E-state index < -0.39 is 0 Å². The molecule has 2 aromatic heterocycles. The molecule has 0 spiro atoms. The summed E-state index contributed by atoms with van der Waals surface area (Å²) in [5.74, 6) is -0.268. The maximum atomic E-state index is 12.1. The van der Waals surface area contributed by atoms with Gasteiger partial charge in [0.1, 0.15) is 10.7 Å². The highest BCUT2D eigenvalue weighted by atomic mass is 35.5. The second-order valence-corrected chi connectivity index (χ2v) is 5.51. The molecule has 3 rings (SSSR count). The number of nitrogens with zero attached hydrogens (tertiary/aromatic N) is 2. The predicted octanol–water partition coefficient (Wildman–Crippen LogP) is 4.11. The molecular formula is C15H10ClN3OS. The molecule has 0 aliphatic carbocycles. The van der Waals surface area contributed by atoms with Crippen molar-refractivity contribution in [1.82, 2.24) is 9.97 Å². The van der Waals surface area contributed by atoms with Crippen LogP contribution < -0.4 is 5.32 Å². The van der Waals surface area contributed by atoms with Crippen molar-refractivity contribution in [1.29, 1.82) is 0 Å². The molecule has 0 aliphatic rings. The summed E-state index contributed by atoms with van der Waals surface area (Å²) in [6, 6.07) is 12.6. The van der Waals surface area contributed by atoms with Crippen LogP contribution in [0.15, 0.2) is 54.0 Å². The van der Waals surface area contributed by atoms with Crippen molar-refractivity contribution in [2.75, 3.05) is 5.32 Å². The average Bonchev–Trinajstić information content (AvgIpc) is 2.98. The molecule has 0 saturated carbocycles. The van der Waals surface area contributed by atoms with E-state index in [0.717, 1.165) is 5.69 Å². The number of hydrogen-bond acceptors (Lipinski definition) is 4. The minimum Gasteiger partial charge on any atom is -0.321 e. The molecular weight excluding hydrogens is 306 g/mol. The van der Waals surface area contributed by atoms with Crippen LogP contribution in [0.2, 0.25) is 5.02 Å². The summed E-state index contributed by atoms with van der Waals surface area (Å²) in [6.45, 7) is 0. The smallest absolute Gasteiger partial charge is 0.275 e. The Hall–Kier alpha value is -2.24. The van der Waals surface area contributed by atoms with E-state index >= 15 is 0 Å². The second-order valence-electron chi connectivity index (χ2n) is 4.22. The molecule has 1 N–H and O–H groups in total. The van der Waals surface area contributed by atoms with E-state index in [0.29, 0.717) is 21.4 Å². The summed E-state index contributed by atoms with van der Waals surface area (Å²) in [4.78, 5) is 20.7. The number of amides is 1. The van der Waals surface area contributed by atoms with E-state index in [9.17, 15) is 4.79 Å². The highest BCUT2D eigenvalue weighted by molar-refractivity contribution is 7.13. The van der Waals surface area contributed by atoms with Crippen LogP contribution >= 0.6 is 22.9 Å². The first-order chi connectivity index (χ1) is 10.2. The molecule has 6 heteroatoms. The second kappa shape index (κ2) is 6.03. The lowest BCUT2D eigenvalue weighted by Crippen LogP contribution is -2.12. The lowest BCUT2D eigenvalue weighted by Gasteiger charge is -2.03. The van der Waals surface area contributed by atoms with Crippen LogP contribution in [0.5, 0.6) is 0 Å². The molecule has 3 aromatic rings. The number of hydrogen-bond donors (Lipinski definition) is 1. The van der Waals surface area contributed by atoms with Crippen LogP contribution in [-0.2, 0) is 0 Å². The Morgan fingerprint density at radius 1 is 1.19 bits per heavy atom. The van der Waals surface area contributed by atoms with Crippen LogP contribution in [0.3, 0.4) is 0 Å². The molecule has 0 radical (unpaired) electrons. The topological polar surface area (TPSA) is 54.9 Å². The Morgan fingerprint density at radius 3 is 2.86 bits per heavy atom.